The van der Waals surface area contributed by atoms with Crippen molar-refractivity contribution >= 4 is 22.8 Å². The SMILES string of the molecule is COC(=O)O[C@](C)(/C=C/CCCO[Si](C)(C)C(C)(C)C)[C@H]1CCC2C3CC=C4CC(O[Si](C)(C)C(C)(C)C)CC[C@]4(C)C3CC[C@@]21C. The number of hydrogen-bond donors (Lipinski definition) is 0. The highest BCUT2D eigenvalue weighted by Crippen LogP contribution is 2.68. The molecule has 0 aromatic rings. The van der Waals surface area contributed by atoms with Gasteiger partial charge in [-0.25, -0.2) is 4.79 Å². The molecule has 4 unspecified atom stereocenters. The fraction of sp³-hybridized carbons (Fsp3) is 0.875. The Hall–Kier alpha value is -0.896. The van der Waals surface area contributed by atoms with Crippen LogP contribution in [0.1, 0.15) is 127 Å². The second kappa shape index (κ2) is 13.7. The van der Waals surface area contributed by atoms with E-state index in [0.717, 1.165) is 38.2 Å². The Morgan fingerprint density at radius 3 is 2.19 bits per heavy atom. The van der Waals surface area contributed by atoms with Gasteiger partial charge in [0, 0.05) is 18.6 Å². The lowest BCUT2D eigenvalue weighted by molar-refractivity contribution is -0.0964. The van der Waals surface area contributed by atoms with Crippen molar-refractivity contribution < 1.29 is 23.1 Å². The summed E-state index contributed by atoms with van der Waals surface area (Å²) in [7, 11) is -2.11. The average molecular weight is 689 g/mol. The van der Waals surface area contributed by atoms with Crippen molar-refractivity contribution in [3.05, 3.63) is 23.8 Å². The van der Waals surface area contributed by atoms with Crippen LogP contribution in [0.5, 0.6) is 0 Å². The van der Waals surface area contributed by atoms with Crippen LogP contribution in [0.15, 0.2) is 23.8 Å². The zero-order valence-corrected chi connectivity index (χ0v) is 34.9. The van der Waals surface area contributed by atoms with Gasteiger partial charge in [-0.15, -0.1) is 0 Å². The van der Waals surface area contributed by atoms with E-state index in [9.17, 15) is 4.79 Å². The molecule has 0 radical (unpaired) electrons. The van der Waals surface area contributed by atoms with Crippen molar-refractivity contribution in [2.24, 2.45) is 34.5 Å². The van der Waals surface area contributed by atoms with Crippen LogP contribution in [-0.2, 0) is 18.3 Å². The normalized spacial score (nSPS) is 34.6. The number of rotatable bonds is 10. The monoisotopic (exact) mass is 688 g/mol. The summed E-state index contributed by atoms with van der Waals surface area (Å²) in [5.74, 6) is 2.35. The van der Waals surface area contributed by atoms with Crippen LogP contribution in [0.3, 0.4) is 0 Å². The van der Waals surface area contributed by atoms with E-state index >= 15 is 0 Å². The Morgan fingerprint density at radius 1 is 0.915 bits per heavy atom. The third-order valence-electron chi connectivity index (χ3n) is 14.7. The number of carbonyl (C=O) groups excluding carboxylic acids is 1. The molecule has 3 saturated carbocycles. The fourth-order valence-corrected chi connectivity index (χ4v) is 12.2. The topological polar surface area (TPSA) is 54.0 Å². The molecule has 0 bridgehead atoms. The van der Waals surface area contributed by atoms with Gasteiger partial charge in [-0.2, -0.15) is 0 Å². The van der Waals surface area contributed by atoms with Crippen molar-refractivity contribution in [3.8, 4) is 0 Å². The first-order valence-electron chi connectivity index (χ1n) is 19.0. The van der Waals surface area contributed by atoms with E-state index < -0.39 is 28.4 Å². The molecular formula is C40H72O5Si2. The van der Waals surface area contributed by atoms with Gasteiger partial charge in [0.1, 0.15) is 5.60 Å². The molecular weight excluding hydrogens is 617 g/mol. The molecule has 4 aliphatic rings. The molecule has 3 fully saturated rings. The van der Waals surface area contributed by atoms with E-state index in [1.165, 1.54) is 45.6 Å². The van der Waals surface area contributed by atoms with Gasteiger partial charge in [-0.05, 0) is 142 Å². The summed E-state index contributed by atoms with van der Waals surface area (Å²) in [5, 5.41) is 0.460. The lowest BCUT2D eigenvalue weighted by Gasteiger charge is -2.59. The Labute approximate surface area is 291 Å². The Bertz CT molecular complexity index is 1180. The zero-order valence-electron chi connectivity index (χ0n) is 32.9. The summed E-state index contributed by atoms with van der Waals surface area (Å²) in [5.41, 5.74) is 1.41. The van der Waals surface area contributed by atoms with Crippen molar-refractivity contribution in [3.63, 3.8) is 0 Å². The van der Waals surface area contributed by atoms with Crippen molar-refractivity contribution in [1.82, 2.24) is 0 Å². The molecule has 8 atom stereocenters. The molecule has 0 amide bonds. The average Bonchev–Trinajstić information content (AvgIpc) is 3.31. The maximum absolute atomic E-state index is 12.7. The summed E-state index contributed by atoms with van der Waals surface area (Å²) in [6, 6.07) is 0. The van der Waals surface area contributed by atoms with Crippen LogP contribution >= 0.6 is 0 Å². The van der Waals surface area contributed by atoms with Crippen molar-refractivity contribution in [2.75, 3.05) is 13.7 Å². The minimum Gasteiger partial charge on any atom is -0.438 e. The summed E-state index contributed by atoms with van der Waals surface area (Å²) >= 11 is 0. The zero-order chi connectivity index (χ0) is 35.3. The number of methoxy groups -OCH3 is 1. The summed E-state index contributed by atoms with van der Waals surface area (Å²) in [6.45, 7) is 31.4. The molecule has 7 heteroatoms. The standard InChI is InChI=1S/C40H72O5Si2/c1-36(2,3)46(11,12)43-27-17-15-16-24-40(9,44-35(41)42-10)34-21-20-32-31-19-18-29-28-30(45-47(13,14)37(4,5)6)22-25-38(29,7)33(31)23-26-39(32,34)8/h16,18,24,30-34H,15,17,19-23,25-28H2,1-14H3/b24-16+/t30?,31?,32?,33?,34-,38-,39-,40+/m0/s1. The quantitative estimate of drug-likeness (QED) is 0.0989. The molecule has 47 heavy (non-hydrogen) atoms. The number of allylic oxidation sites excluding steroid dienone is 2. The van der Waals surface area contributed by atoms with Gasteiger partial charge in [0.15, 0.2) is 16.6 Å². The van der Waals surface area contributed by atoms with Crippen LogP contribution in [0.25, 0.3) is 0 Å². The van der Waals surface area contributed by atoms with Crippen LogP contribution in [-0.4, -0.2) is 48.2 Å². The highest BCUT2D eigenvalue weighted by molar-refractivity contribution is 6.74. The summed E-state index contributed by atoms with van der Waals surface area (Å²) in [6.07, 6.45) is 18.3. The van der Waals surface area contributed by atoms with Gasteiger partial charge >= 0.3 is 6.16 Å². The molecule has 270 valence electrons. The maximum atomic E-state index is 12.7. The second-order valence-corrected chi connectivity index (χ2v) is 29.1. The van der Waals surface area contributed by atoms with E-state index in [4.69, 9.17) is 18.3 Å². The molecule has 0 aliphatic heterocycles. The highest BCUT2D eigenvalue weighted by Gasteiger charge is 2.62. The summed E-state index contributed by atoms with van der Waals surface area (Å²) < 4.78 is 24.7. The smallest absolute Gasteiger partial charge is 0.438 e. The number of ether oxygens (including phenoxy) is 2. The molecule has 0 aromatic heterocycles. The molecule has 4 rings (SSSR count). The van der Waals surface area contributed by atoms with Gasteiger partial charge in [0.05, 0.1) is 7.11 Å². The van der Waals surface area contributed by atoms with Crippen molar-refractivity contribution in [1.29, 1.82) is 0 Å². The van der Waals surface area contributed by atoms with Gasteiger partial charge in [-0.1, -0.05) is 73.1 Å². The second-order valence-electron chi connectivity index (χ2n) is 19.6. The van der Waals surface area contributed by atoms with E-state index in [0.29, 0.717) is 17.9 Å². The Kier molecular flexibility index (Phi) is 11.3. The maximum Gasteiger partial charge on any atom is 0.508 e. The number of hydrogen-bond acceptors (Lipinski definition) is 5. The van der Waals surface area contributed by atoms with Gasteiger partial charge < -0.3 is 18.3 Å². The Morgan fingerprint density at radius 2 is 1.57 bits per heavy atom. The lowest BCUT2D eigenvalue weighted by atomic mass is 9.46. The number of carbonyl (C=O) groups is 1. The van der Waals surface area contributed by atoms with Gasteiger partial charge in [0.25, 0.3) is 0 Å². The first kappa shape index (κ1) is 38.9. The first-order chi connectivity index (χ1) is 21.5. The number of unbranched alkanes of at least 4 members (excludes halogenated alkanes) is 1. The summed E-state index contributed by atoms with van der Waals surface area (Å²) in [4.78, 5) is 12.7. The highest BCUT2D eigenvalue weighted by atomic mass is 28.4. The van der Waals surface area contributed by atoms with E-state index in [1.807, 2.05) is 0 Å². The van der Waals surface area contributed by atoms with E-state index in [2.05, 4.69) is 107 Å². The van der Waals surface area contributed by atoms with Gasteiger partial charge in [0.2, 0.25) is 0 Å². The van der Waals surface area contributed by atoms with Crippen molar-refractivity contribution in [2.45, 2.75) is 174 Å². The molecule has 4 aliphatic carbocycles. The largest absolute Gasteiger partial charge is 0.508 e. The third kappa shape index (κ3) is 7.73. The number of fused-ring (bicyclic) bond motifs is 5. The van der Waals surface area contributed by atoms with Crippen LogP contribution in [0, 0.1) is 34.5 Å². The Balaban J connectivity index is 1.47. The fourth-order valence-electron chi connectivity index (χ4n) is 9.77. The van der Waals surface area contributed by atoms with Gasteiger partial charge in [-0.3, -0.25) is 0 Å². The lowest BCUT2D eigenvalue weighted by Crippen LogP contribution is -2.54. The minimum atomic E-state index is -1.79. The molecule has 0 aromatic carbocycles. The minimum absolute atomic E-state index is 0.129. The van der Waals surface area contributed by atoms with Crippen LogP contribution in [0.2, 0.25) is 36.3 Å². The van der Waals surface area contributed by atoms with E-state index in [1.54, 1.807) is 5.57 Å². The molecule has 0 N–H and O–H groups in total. The van der Waals surface area contributed by atoms with E-state index in [-0.39, 0.29) is 26.8 Å². The first-order valence-corrected chi connectivity index (χ1v) is 24.8. The third-order valence-corrected chi connectivity index (χ3v) is 23.8. The predicted molar refractivity (Wildman–Crippen MR) is 201 cm³/mol. The molecule has 0 heterocycles. The molecule has 5 nitrogen and oxygen atoms in total. The van der Waals surface area contributed by atoms with Crippen LogP contribution < -0.4 is 0 Å². The molecule has 0 spiro atoms. The predicted octanol–water partition coefficient (Wildman–Crippen LogP) is 11.9. The molecule has 0 saturated heterocycles. The van der Waals surface area contributed by atoms with Crippen LogP contribution in [0.4, 0.5) is 4.79 Å².